The Bertz CT molecular complexity index is 1300. The lowest BCUT2D eigenvalue weighted by atomic mass is 9.98. The van der Waals surface area contributed by atoms with E-state index in [-0.39, 0.29) is 31.1 Å². The van der Waals surface area contributed by atoms with Crippen molar-refractivity contribution >= 4 is 35.7 Å². The zero-order valence-corrected chi connectivity index (χ0v) is 32.8. The van der Waals surface area contributed by atoms with E-state index >= 15 is 0 Å². The van der Waals surface area contributed by atoms with Crippen molar-refractivity contribution in [2.75, 3.05) is 13.7 Å². The van der Waals surface area contributed by atoms with Crippen molar-refractivity contribution in [3.63, 3.8) is 0 Å². The maximum Gasteiger partial charge on any atom is 0.408 e. The maximum atomic E-state index is 13.8. The van der Waals surface area contributed by atoms with Gasteiger partial charge in [0.1, 0.15) is 35.8 Å². The van der Waals surface area contributed by atoms with Crippen LogP contribution in [0, 0.1) is 17.8 Å². The van der Waals surface area contributed by atoms with Crippen LogP contribution in [0.2, 0.25) is 0 Å². The molecule has 0 saturated carbocycles. The Morgan fingerprint density at radius 3 is 1.65 bits per heavy atom. The molecule has 1 aromatic rings. The molecule has 0 bridgehead atoms. The van der Waals surface area contributed by atoms with Gasteiger partial charge in [0, 0.05) is 6.42 Å². The molecule has 52 heavy (non-hydrogen) atoms. The van der Waals surface area contributed by atoms with E-state index in [1.165, 1.54) is 7.11 Å². The molecule has 0 aliphatic heterocycles. The molecule has 0 spiro atoms. The average Bonchev–Trinajstić information content (AvgIpc) is 3.04. The molecule has 1 rings (SSSR count). The second kappa shape index (κ2) is 22.7. The van der Waals surface area contributed by atoms with Crippen molar-refractivity contribution in [3.8, 4) is 0 Å². The number of hydrogen-bond donors (Lipinski definition) is 6. The number of hydrogen-bond acceptors (Lipinski definition) is 9. The molecule has 7 N–H and O–H groups in total. The highest BCUT2D eigenvalue weighted by molar-refractivity contribution is 5.96. The van der Waals surface area contributed by atoms with E-state index in [9.17, 15) is 28.8 Å². The van der Waals surface area contributed by atoms with Crippen molar-refractivity contribution < 1.29 is 38.2 Å². The zero-order valence-electron chi connectivity index (χ0n) is 32.8. The first-order valence-electron chi connectivity index (χ1n) is 18.3. The highest BCUT2D eigenvalue weighted by Crippen LogP contribution is 2.13. The summed E-state index contributed by atoms with van der Waals surface area (Å²) in [5.74, 6) is -3.35. The molecule has 0 aliphatic carbocycles. The van der Waals surface area contributed by atoms with Crippen LogP contribution in [0.5, 0.6) is 0 Å². The zero-order chi connectivity index (χ0) is 39.6. The Morgan fingerprint density at radius 2 is 1.17 bits per heavy atom. The molecule has 0 aliphatic rings. The van der Waals surface area contributed by atoms with E-state index in [2.05, 4.69) is 26.6 Å². The smallest absolute Gasteiger partial charge is 0.408 e. The Balaban J connectivity index is 3.23. The Morgan fingerprint density at radius 1 is 0.673 bits per heavy atom. The highest BCUT2D eigenvalue weighted by Gasteiger charge is 2.34. The fraction of sp³-hybridized carbons (Fsp3) is 0.684. The maximum absolute atomic E-state index is 13.8. The lowest BCUT2D eigenvalue weighted by Gasteiger charge is -2.29. The van der Waals surface area contributed by atoms with Gasteiger partial charge >= 0.3 is 12.1 Å². The van der Waals surface area contributed by atoms with Gasteiger partial charge in [0.2, 0.25) is 23.6 Å². The Kier molecular flexibility index (Phi) is 20.0. The van der Waals surface area contributed by atoms with E-state index in [0.717, 1.165) is 5.56 Å². The van der Waals surface area contributed by atoms with Crippen LogP contribution in [0.4, 0.5) is 4.79 Å². The fourth-order valence-electron chi connectivity index (χ4n) is 5.40. The van der Waals surface area contributed by atoms with Crippen LogP contribution in [0.25, 0.3) is 0 Å². The minimum Gasteiger partial charge on any atom is -0.467 e. The Labute approximate surface area is 309 Å². The number of esters is 1. The number of benzene rings is 1. The molecule has 0 unspecified atom stereocenters. The minimum atomic E-state index is -1.07. The lowest BCUT2D eigenvalue weighted by molar-refractivity contribution is -0.145. The first kappa shape index (κ1) is 45.8. The first-order chi connectivity index (χ1) is 24.3. The normalized spacial score (nSPS) is 14.4. The van der Waals surface area contributed by atoms with Crippen molar-refractivity contribution in [2.45, 2.75) is 137 Å². The largest absolute Gasteiger partial charge is 0.467 e. The molecule has 1 aromatic carbocycles. The molecule has 5 atom stereocenters. The van der Waals surface area contributed by atoms with Gasteiger partial charge in [0.05, 0.1) is 7.11 Å². The van der Waals surface area contributed by atoms with Gasteiger partial charge in [0.25, 0.3) is 0 Å². The van der Waals surface area contributed by atoms with Gasteiger partial charge in [-0.25, -0.2) is 9.59 Å². The predicted octanol–water partition coefficient (Wildman–Crippen LogP) is 3.11. The molecule has 0 aromatic heterocycles. The molecule has 0 saturated heterocycles. The summed E-state index contributed by atoms with van der Waals surface area (Å²) < 4.78 is 10.3. The van der Waals surface area contributed by atoms with Crippen LogP contribution in [-0.4, -0.2) is 85.2 Å². The molecular formula is C38H64N6O8. The van der Waals surface area contributed by atoms with Crippen LogP contribution in [0.1, 0.15) is 100.0 Å². The summed E-state index contributed by atoms with van der Waals surface area (Å²) in [6, 6.07) is 4.05. The third kappa shape index (κ3) is 17.8. The molecule has 0 radical (unpaired) electrons. The molecule has 14 nitrogen and oxygen atoms in total. The van der Waals surface area contributed by atoms with Crippen molar-refractivity contribution in [3.05, 3.63) is 35.9 Å². The van der Waals surface area contributed by atoms with E-state index in [1.54, 1.807) is 34.6 Å². The number of nitrogens with two attached hydrogens (primary N) is 1. The van der Waals surface area contributed by atoms with Gasteiger partial charge in [-0.1, -0.05) is 71.9 Å². The number of carbonyl (C=O) groups excluding carboxylic acids is 6. The lowest BCUT2D eigenvalue weighted by Crippen LogP contribution is -2.60. The summed E-state index contributed by atoms with van der Waals surface area (Å²) in [5.41, 5.74) is 5.73. The third-order valence-electron chi connectivity index (χ3n) is 7.97. The quantitative estimate of drug-likeness (QED) is 0.0810. The predicted molar refractivity (Wildman–Crippen MR) is 200 cm³/mol. The van der Waals surface area contributed by atoms with Gasteiger partial charge in [0.15, 0.2) is 0 Å². The van der Waals surface area contributed by atoms with Gasteiger partial charge in [-0.05, 0) is 82.7 Å². The SMILES string of the molecule is COC(=O)[C@H](Cc1ccccc1)NC(=O)[C@H](CC(C)C)NC(=O)[C@@H](NC(=O)[C@H](CCCCN)NC(=O)[C@H](CC(C)C)NC(=O)OC(C)(C)C)C(C)C. The number of rotatable bonds is 21. The summed E-state index contributed by atoms with van der Waals surface area (Å²) in [4.78, 5) is 79.9. The standard InChI is InChI=1S/C38H64N6O8/c1-23(2)20-28(33(46)42-30(36(49)51-10)22-26-16-12-11-13-17-26)41-35(48)31(25(5)6)44-32(45)27(18-14-15-19-39)40-34(47)29(21-24(3)4)43-37(50)52-38(7,8)9/h11-13,16-17,23-25,27-31H,14-15,18-22,39H2,1-10H3,(H,40,47)(H,41,48)(H,42,46)(H,43,50)(H,44,45)/t27-,28-,29-,30-,31-/m0/s1. The van der Waals surface area contributed by atoms with Crippen molar-refractivity contribution in [1.29, 1.82) is 0 Å². The number of amides is 5. The van der Waals surface area contributed by atoms with E-state index in [0.29, 0.717) is 25.8 Å². The van der Waals surface area contributed by atoms with Gasteiger partial charge in [-0.2, -0.15) is 0 Å². The summed E-state index contributed by atoms with van der Waals surface area (Å²) in [5, 5.41) is 13.7. The fourth-order valence-corrected chi connectivity index (χ4v) is 5.40. The van der Waals surface area contributed by atoms with Crippen LogP contribution < -0.4 is 32.3 Å². The molecule has 14 heteroatoms. The van der Waals surface area contributed by atoms with Crippen LogP contribution in [0.3, 0.4) is 0 Å². The van der Waals surface area contributed by atoms with Crippen molar-refractivity contribution in [1.82, 2.24) is 26.6 Å². The van der Waals surface area contributed by atoms with Gasteiger partial charge < -0.3 is 41.8 Å². The molecule has 294 valence electrons. The number of methoxy groups -OCH3 is 1. The number of ether oxygens (including phenoxy) is 2. The number of alkyl carbamates (subject to hydrolysis) is 1. The van der Waals surface area contributed by atoms with Crippen molar-refractivity contribution in [2.24, 2.45) is 23.5 Å². The van der Waals surface area contributed by atoms with Crippen LogP contribution in [-0.2, 0) is 39.9 Å². The van der Waals surface area contributed by atoms with E-state index in [4.69, 9.17) is 15.2 Å². The molecule has 5 amide bonds. The third-order valence-corrected chi connectivity index (χ3v) is 7.97. The average molecular weight is 733 g/mol. The molecule has 0 fully saturated rings. The Hall–Kier alpha value is -4.20. The second-order valence-electron chi connectivity index (χ2n) is 15.4. The second-order valence-corrected chi connectivity index (χ2v) is 15.4. The van der Waals surface area contributed by atoms with E-state index < -0.39 is 77.4 Å². The van der Waals surface area contributed by atoms with Crippen LogP contribution >= 0.6 is 0 Å². The summed E-state index contributed by atoms with van der Waals surface area (Å²) in [6.45, 7) is 16.6. The van der Waals surface area contributed by atoms with Crippen LogP contribution in [0.15, 0.2) is 30.3 Å². The van der Waals surface area contributed by atoms with Gasteiger partial charge in [-0.15, -0.1) is 0 Å². The first-order valence-corrected chi connectivity index (χ1v) is 18.3. The number of nitrogens with one attached hydrogen (secondary N) is 5. The topological polar surface area (TPSA) is 207 Å². The highest BCUT2D eigenvalue weighted by atomic mass is 16.6. The summed E-state index contributed by atoms with van der Waals surface area (Å²) >= 11 is 0. The summed E-state index contributed by atoms with van der Waals surface area (Å²) in [7, 11) is 1.24. The molecule has 0 heterocycles. The number of carbonyl (C=O) groups is 6. The molecular weight excluding hydrogens is 668 g/mol. The van der Waals surface area contributed by atoms with Gasteiger partial charge in [-0.3, -0.25) is 19.2 Å². The summed E-state index contributed by atoms with van der Waals surface area (Å²) in [6.07, 6.45) is 1.33. The monoisotopic (exact) mass is 732 g/mol. The minimum absolute atomic E-state index is 0.0101. The number of unbranched alkanes of at least 4 members (excludes halogenated alkanes) is 1. The van der Waals surface area contributed by atoms with E-state index in [1.807, 2.05) is 58.0 Å².